The number of piperidine rings is 1. The molecule has 1 saturated heterocycles. The molecule has 1 amide bonds. The van der Waals surface area contributed by atoms with E-state index in [0.29, 0.717) is 13.1 Å². The summed E-state index contributed by atoms with van der Waals surface area (Å²) in [4.78, 5) is 23.8. The number of hydrogen-bond acceptors (Lipinski definition) is 4. The summed E-state index contributed by atoms with van der Waals surface area (Å²) < 4.78 is 26.9. The van der Waals surface area contributed by atoms with Crippen molar-refractivity contribution in [3.05, 3.63) is 29.8 Å². The average molecular weight is 368 g/mol. The normalized spacial score (nSPS) is 18.3. The number of carboxylic acid groups (broad SMARTS) is 1. The Hall–Kier alpha value is -1.93. The highest BCUT2D eigenvalue weighted by atomic mass is 32.2. The maximum Gasteiger partial charge on any atom is 0.329 e. The Morgan fingerprint density at radius 2 is 1.88 bits per heavy atom. The highest BCUT2D eigenvalue weighted by molar-refractivity contribution is 7.89. The molecule has 2 N–H and O–H groups in total. The van der Waals surface area contributed by atoms with Gasteiger partial charge in [0.05, 0.1) is 4.90 Å². The summed E-state index contributed by atoms with van der Waals surface area (Å²) in [6, 6.07) is 5.73. The highest BCUT2D eigenvalue weighted by Crippen LogP contribution is 2.21. The number of carbonyl (C=O) groups is 2. The van der Waals surface area contributed by atoms with Crippen LogP contribution >= 0.6 is 0 Å². The monoisotopic (exact) mass is 368 g/mol. The number of benzene rings is 1. The molecule has 0 saturated carbocycles. The van der Waals surface area contributed by atoms with Crippen molar-refractivity contribution in [2.24, 2.45) is 0 Å². The number of carbonyl (C=O) groups excluding carboxylic acids is 1. The van der Waals surface area contributed by atoms with E-state index >= 15 is 0 Å². The third-order valence-electron chi connectivity index (χ3n) is 4.62. The zero-order valence-electron chi connectivity index (χ0n) is 14.5. The molecule has 1 aromatic carbocycles. The van der Waals surface area contributed by atoms with E-state index in [-0.39, 0.29) is 16.9 Å². The van der Waals surface area contributed by atoms with Gasteiger partial charge in [0.25, 0.3) is 5.91 Å². The van der Waals surface area contributed by atoms with Crippen LogP contribution in [0.15, 0.2) is 29.2 Å². The van der Waals surface area contributed by atoms with Crippen LogP contribution in [0.4, 0.5) is 0 Å². The van der Waals surface area contributed by atoms with E-state index in [1.807, 2.05) is 0 Å². The summed E-state index contributed by atoms with van der Waals surface area (Å²) >= 11 is 0. The molecule has 1 aromatic rings. The fourth-order valence-electron chi connectivity index (χ4n) is 2.67. The van der Waals surface area contributed by atoms with Crippen LogP contribution in [0, 0.1) is 0 Å². The van der Waals surface area contributed by atoms with E-state index in [4.69, 9.17) is 0 Å². The lowest BCUT2D eigenvalue weighted by molar-refractivity contribution is -0.143. The van der Waals surface area contributed by atoms with Crippen molar-refractivity contribution in [2.75, 3.05) is 13.1 Å². The fourth-order valence-corrected chi connectivity index (χ4v) is 4.23. The minimum atomic E-state index is -3.65. The predicted octanol–water partition coefficient (Wildman–Crippen LogP) is 1.84. The molecule has 1 aliphatic rings. The zero-order valence-corrected chi connectivity index (χ0v) is 15.3. The summed E-state index contributed by atoms with van der Waals surface area (Å²) in [5.74, 6) is -1.75. The van der Waals surface area contributed by atoms with Crippen LogP contribution in [-0.2, 0) is 14.8 Å². The lowest BCUT2D eigenvalue weighted by Crippen LogP contribution is -2.51. The Bertz CT molecular complexity index is 756. The Kier molecular flexibility index (Phi) is 5.84. The van der Waals surface area contributed by atoms with E-state index in [9.17, 15) is 23.1 Å². The van der Waals surface area contributed by atoms with Crippen LogP contribution in [0.1, 0.15) is 49.9 Å². The fraction of sp³-hybridized carbons (Fsp3) is 0.529. The van der Waals surface area contributed by atoms with Crippen LogP contribution in [-0.4, -0.2) is 48.3 Å². The highest BCUT2D eigenvalue weighted by Gasteiger charge is 2.33. The third kappa shape index (κ3) is 4.19. The first-order valence-corrected chi connectivity index (χ1v) is 9.81. The predicted molar refractivity (Wildman–Crippen MR) is 92.8 cm³/mol. The molecule has 0 aliphatic carbocycles. The van der Waals surface area contributed by atoms with Gasteiger partial charge < -0.3 is 10.4 Å². The first-order valence-electron chi connectivity index (χ1n) is 8.37. The van der Waals surface area contributed by atoms with Gasteiger partial charge in [0.2, 0.25) is 10.0 Å². The summed E-state index contributed by atoms with van der Waals surface area (Å²) in [6.07, 6.45) is 2.87. The second-order valence-electron chi connectivity index (χ2n) is 6.44. The van der Waals surface area contributed by atoms with Crippen LogP contribution in [0.2, 0.25) is 0 Å². The minimum absolute atomic E-state index is 0.0515. The summed E-state index contributed by atoms with van der Waals surface area (Å²) in [6.45, 7) is 4.03. The van der Waals surface area contributed by atoms with E-state index in [0.717, 1.165) is 19.3 Å². The van der Waals surface area contributed by atoms with Crippen molar-refractivity contribution in [3.8, 4) is 0 Å². The quantitative estimate of drug-likeness (QED) is 0.797. The SMILES string of the molecule is CCC(C)(NC(=O)c1cccc(S(=O)(=O)N2CCCCC2)c1)C(=O)O. The molecule has 25 heavy (non-hydrogen) atoms. The largest absolute Gasteiger partial charge is 0.480 e. The van der Waals surface area contributed by atoms with Crippen molar-refractivity contribution in [3.63, 3.8) is 0 Å². The molecule has 1 fully saturated rings. The average Bonchev–Trinajstić information content (AvgIpc) is 2.62. The van der Waals surface area contributed by atoms with Crippen LogP contribution in [0.5, 0.6) is 0 Å². The van der Waals surface area contributed by atoms with Crippen molar-refractivity contribution in [1.29, 1.82) is 0 Å². The Morgan fingerprint density at radius 3 is 2.44 bits per heavy atom. The second-order valence-corrected chi connectivity index (χ2v) is 8.38. The number of nitrogens with zero attached hydrogens (tertiary/aromatic N) is 1. The second kappa shape index (κ2) is 7.53. The molecular formula is C17H24N2O5S. The first kappa shape index (κ1) is 19.4. The molecule has 1 aliphatic heterocycles. The van der Waals surface area contributed by atoms with Gasteiger partial charge in [-0.3, -0.25) is 4.79 Å². The molecule has 8 heteroatoms. The van der Waals surface area contributed by atoms with Crippen molar-refractivity contribution < 1.29 is 23.1 Å². The van der Waals surface area contributed by atoms with Crippen LogP contribution < -0.4 is 5.32 Å². The van der Waals surface area contributed by atoms with Crippen molar-refractivity contribution >= 4 is 21.9 Å². The topological polar surface area (TPSA) is 104 Å². The van der Waals surface area contributed by atoms with E-state index in [1.165, 1.54) is 35.5 Å². The molecule has 7 nitrogen and oxygen atoms in total. The van der Waals surface area contributed by atoms with Gasteiger partial charge in [0.15, 0.2) is 0 Å². The van der Waals surface area contributed by atoms with Crippen molar-refractivity contribution in [2.45, 2.75) is 50.0 Å². The van der Waals surface area contributed by atoms with Gasteiger partial charge in [-0.05, 0) is 44.4 Å². The summed E-state index contributed by atoms with van der Waals surface area (Å²) in [5, 5.41) is 11.7. The number of sulfonamides is 1. The molecule has 1 atom stereocenters. The summed E-state index contributed by atoms with van der Waals surface area (Å²) in [7, 11) is -3.65. The Labute approximate surface area is 148 Å². The molecule has 1 heterocycles. The van der Waals surface area contributed by atoms with Gasteiger partial charge in [0.1, 0.15) is 5.54 Å². The van der Waals surface area contributed by atoms with Gasteiger partial charge in [-0.25, -0.2) is 13.2 Å². The number of nitrogens with one attached hydrogen (secondary N) is 1. The number of aliphatic carboxylic acids is 1. The van der Waals surface area contributed by atoms with E-state index < -0.39 is 27.4 Å². The Morgan fingerprint density at radius 1 is 1.24 bits per heavy atom. The van der Waals surface area contributed by atoms with Crippen molar-refractivity contribution in [1.82, 2.24) is 9.62 Å². The van der Waals surface area contributed by atoms with Crippen LogP contribution in [0.3, 0.4) is 0 Å². The Balaban J connectivity index is 2.26. The number of rotatable bonds is 6. The smallest absolute Gasteiger partial charge is 0.329 e. The molecule has 0 spiro atoms. The lowest BCUT2D eigenvalue weighted by Gasteiger charge is -2.26. The summed E-state index contributed by atoms with van der Waals surface area (Å²) in [5.41, 5.74) is -1.28. The third-order valence-corrected chi connectivity index (χ3v) is 6.51. The van der Waals surface area contributed by atoms with Gasteiger partial charge >= 0.3 is 5.97 Å². The van der Waals surface area contributed by atoms with Gasteiger partial charge in [-0.15, -0.1) is 0 Å². The molecule has 1 unspecified atom stereocenters. The molecule has 0 aromatic heterocycles. The van der Waals surface area contributed by atoms with Gasteiger partial charge in [-0.2, -0.15) is 4.31 Å². The molecule has 0 radical (unpaired) electrons. The number of carboxylic acids is 1. The number of amides is 1. The molecule has 0 bridgehead atoms. The zero-order chi connectivity index (χ0) is 18.7. The minimum Gasteiger partial charge on any atom is -0.480 e. The van der Waals surface area contributed by atoms with E-state index in [2.05, 4.69) is 5.32 Å². The maximum absolute atomic E-state index is 12.7. The van der Waals surface area contributed by atoms with Gasteiger partial charge in [0, 0.05) is 18.7 Å². The number of hydrogen-bond donors (Lipinski definition) is 2. The first-order chi connectivity index (χ1) is 11.7. The maximum atomic E-state index is 12.7. The molecule has 138 valence electrons. The molecule has 2 rings (SSSR count). The van der Waals surface area contributed by atoms with E-state index in [1.54, 1.807) is 6.92 Å². The standard InChI is InChI=1S/C17H24N2O5S/c1-3-17(2,16(21)22)18-15(20)13-8-7-9-14(12-13)25(23,24)19-10-5-4-6-11-19/h7-9,12H,3-6,10-11H2,1-2H3,(H,18,20)(H,21,22). The lowest BCUT2D eigenvalue weighted by atomic mass is 9.98. The van der Waals surface area contributed by atoms with Gasteiger partial charge in [-0.1, -0.05) is 19.4 Å². The molecular weight excluding hydrogens is 344 g/mol. The van der Waals surface area contributed by atoms with Crippen LogP contribution in [0.25, 0.3) is 0 Å².